The number of carbonyl (C=O) groups is 1. The van der Waals surface area contributed by atoms with Crippen molar-refractivity contribution in [2.45, 2.75) is 19.1 Å². The van der Waals surface area contributed by atoms with Crippen molar-refractivity contribution in [3.05, 3.63) is 69.7 Å². The minimum absolute atomic E-state index is 0.168. The highest BCUT2D eigenvalue weighted by Gasteiger charge is 2.20. The summed E-state index contributed by atoms with van der Waals surface area (Å²) in [5.41, 5.74) is 1.57. The largest absolute Gasteiger partial charge is 0.479 e. The van der Waals surface area contributed by atoms with E-state index < -0.39 is 12.1 Å². The van der Waals surface area contributed by atoms with Crippen LogP contribution in [0.1, 0.15) is 11.1 Å². The molecule has 1 N–H and O–H groups in total. The molecular weight excluding hydrogens is 311 g/mol. The van der Waals surface area contributed by atoms with E-state index in [9.17, 15) is 9.90 Å². The monoisotopic (exact) mass is 324 g/mol. The average molecular weight is 325 g/mol. The number of aliphatic carboxylic acids is 1. The lowest BCUT2D eigenvalue weighted by atomic mass is 10.1. The molecule has 0 radical (unpaired) electrons. The molecule has 0 saturated carbocycles. The van der Waals surface area contributed by atoms with Crippen molar-refractivity contribution < 1.29 is 14.6 Å². The Hall–Kier alpha value is -1.55. The minimum atomic E-state index is -1.03. The molecule has 110 valence electrons. The summed E-state index contributed by atoms with van der Waals surface area (Å²) in [5.74, 6) is -1.03. The lowest BCUT2D eigenvalue weighted by Gasteiger charge is -2.15. The van der Waals surface area contributed by atoms with Gasteiger partial charge in [-0.3, -0.25) is 0 Å². The fourth-order valence-corrected chi connectivity index (χ4v) is 2.29. The predicted molar refractivity (Wildman–Crippen MR) is 82.8 cm³/mol. The van der Waals surface area contributed by atoms with E-state index in [-0.39, 0.29) is 13.0 Å². The number of rotatable bonds is 6. The van der Waals surface area contributed by atoms with E-state index in [0.29, 0.717) is 15.6 Å². The molecule has 3 nitrogen and oxygen atoms in total. The van der Waals surface area contributed by atoms with Gasteiger partial charge in [-0.15, -0.1) is 0 Å². The number of benzene rings is 2. The van der Waals surface area contributed by atoms with Crippen LogP contribution in [0.15, 0.2) is 48.5 Å². The predicted octanol–water partition coefficient (Wildman–Crippen LogP) is 4.21. The van der Waals surface area contributed by atoms with Crippen LogP contribution in [0, 0.1) is 0 Å². The fraction of sp³-hybridized carbons (Fsp3) is 0.188. The second-order valence-corrected chi connectivity index (χ2v) is 5.33. The van der Waals surface area contributed by atoms with Gasteiger partial charge in [0.25, 0.3) is 0 Å². The smallest absolute Gasteiger partial charge is 0.333 e. The second kappa shape index (κ2) is 7.46. The summed E-state index contributed by atoms with van der Waals surface area (Å²) in [6.45, 7) is 0.232. The van der Waals surface area contributed by atoms with Crippen molar-refractivity contribution >= 4 is 29.2 Å². The molecule has 2 aromatic carbocycles. The van der Waals surface area contributed by atoms with Gasteiger partial charge in [-0.1, -0.05) is 65.7 Å². The lowest BCUT2D eigenvalue weighted by Crippen LogP contribution is -2.26. The molecule has 0 saturated heterocycles. The fourth-order valence-electron chi connectivity index (χ4n) is 1.89. The number of carboxylic acids is 1. The third-order valence-electron chi connectivity index (χ3n) is 3.01. The Kier molecular flexibility index (Phi) is 5.62. The van der Waals surface area contributed by atoms with E-state index >= 15 is 0 Å². The summed E-state index contributed by atoms with van der Waals surface area (Å²) < 4.78 is 5.49. The number of ether oxygens (including phenoxy) is 1. The van der Waals surface area contributed by atoms with Gasteiger partial charge >= 0.3 is 5.97 Å². The van der Waals surface area contributed by atoms with E-state index in [1.54, 1.807) is 18.2 Å². The van der Waals surface area contributed by atoms with E-state index in [4.69, 9.17) is 27.9 Å². The summed E-state index contributed by atoms with van der Waals surface area (Å²) in [6, 6.07) is 14.6. The molecule has 0 aliphatic heterocycles. The van der Waals surface area contributed by atoms with Gasteiger partial charge < -0.3 is 9.84 Å². The summed E-state index contributed by atoms with van der Waals surface area (Å²) in [4.78, 5) is 11.3. The molecule has 0 aromatic heterocycles. The summed E-state index contributed by atoms with van der Waals surface area (Å²) in [5, 5.41) is 10.0. The maximum atomic E-state index is 11.3. The Morgan fingerprint density at radius 1 is 1.10 bits per heavy atom. The molecule has 2 aromatic rings. The highest BCUT2D eigenvalue weighted by Crippen LogP contribution is 2.27. The quantitative estimate of drug-likeness (QED) is 0.865. The van der Waals surface area contributed by atoms with Crippen molar-refractivity contribution in [3.63, 3.8) is 0 Å². The van der Waals surface area contributed by atoms with Crippen LogP contribution in [-0.2, 0) is 22.6 Å². The van der Waals surface area contributed by atoms with Gasteiger partial charge in [-0.05, 0) is 17.2 Å². The van der Waals surface area contributed by atoms with Gasteiger partial charge in [0.15, 0.2) is 6.10 Å². The zero-order chi connectivity index (χ0) is 15.2. The van der Waals surface area contributed by atoms with Crippen LogP contribution in [-0.4, -0.2) is 17.2 Å². The molecule has 1 atom stereocenters. The molecule has 0 bridgehead atoms. The van der Waals surface area contributed by atoms with Crippen LogP contribution in [0.2, 0.25) is 10.0 Å². The van der Waals surface area contributed by atoms with E-state index in [2.05, 4.69) is 0 Å². The Morgan fingerprint density at radius 3 is 2.48 bits per heavy atom. The highest BCUT2D eigenvalue weighted by molar-refractivity contribution is 6.42. The zero-order valence-electron chi connectivity index (χ0n) is 11.1. The third kappa shape index (κ3) is 4.46. The highest BCUT2D eigenvalue weighted by atomic mass is 35.5. The van der Waals surface area contributed by atoms with Crippen LogP contribution >= 0.6 is 23.2 Å². The maximum Gasteiger partial charge on any atom is 0.333 e. The number of hydrogen-bond acceptors (Lipinski definition) is 2. The van der Waals surface area contributed by atoms with Crippen LogP contribution in [0.4, 0.5) is 0 Å². The number of halogens is 2. The van der Waals surface area contributed by atoms with E-state index in [1.807, 2.05) is 30.3 Å². The lowest BCUT2D eigenvalue weighted by molar-refractivity contribution is -0.151. The van der Waals surface area contributed by atoms with Gasteiger partial charge in [0.2, 0.25) is 0 Å². The van der Waals surface area contributed by atoms with Gasteiger partial charge in [-0.2, -0.15) is 0 Å². The zero-order valence-corrected chi connectivity index (χ0v) is 12.6. The topological polar surface area (TPSA) is 46.5 Å². The van der Waals surface area contributed by atoms with Crippen molar-refractivity contribution in [2.24, 2.45) is 0 Å². The van der Waals surface area contributed by atoms with E-state index in [0.717, 1.165) is 5.56 Å². The Bertz CT molecular complexity index is 614. The molecule has 0 fully saturated rings. The first kappa shape index (κ1) is 15.8. The van der Waals surface area contributed by atoms with Crippen molar-refractivity contribution in [2.75, 3.05) is 0 Å². The van der Waals surface area contributed by atoms with Crippen LogP contribution in [0.5, 0.6) is 0 Å². The van der Waals surface area contributed by atoms with Crippen LogP contribution in [0.3, 0.4) is 0 Å². The molecular formula is C16H14Cl2O3. The first-order chi connectivity index (χ1) is 10.1. The number of carboxylic acid groups (broad SMARTS) is 1. The Labute approximate surface area is 133 Å². The third-order valence-corrected chi connectivity index (χ3v) is 3.86. The van der Waals surface area contributed by atoms with E-state index in [1.165, 1.54) is 0 Å². The maximum absolute atomic E-state index is 11.3. The summed E-state index contributed by atoms with van der Waals surface area (Å²) in [6.07, 6.45) is -0.803. The van der Waals surface area contributed by atoms with Crippen molar-refractivity contribution in [3.8, 4) is 0 Å². The molecule has 0 aliphatic rings. The molecule has 0 spiro atoms. The molecule has 0 unspecified atom stereocenters. The standard InChI is InChI=1S/C16H14Cl2O3/c17-13-8-4-7-12(15(13)18)9-14(16(19)20)21-10-11-5-2-1-3-6-11/h1-8,14H,9-10H2,(H,19,20)/t14-/m1/s1. The second-order valence-electron chi connectivity index (χ2n) is 4.54. The van der Waals surface area contributed by atoms with Crippen molar-refractivity contribution in [1.29, 1.82) is 0 Å². The molecule has 0 amide bonds. The molecule has 0 aliphatic carbocycles. The molecule has 2 rings (SSSR count). The SMILES string of the molecule is O=C(O)[C@@H](Cc1cccc(Cl)c1Cl)OCc1ccccc1. The summed E-state index contributed by atoms with van der Waals surface area (Å²) >= 11 is 12.0. The van der Waals surface area contributed by atoms with Gasteiger partial charge in [-0.25, -0.2) is 4.79 Å². The number of hydrogen-bond donors (Lipinski definition) is 1. The van der Waals surface area contributed by atoms with Crippen LogP contribution in [0.25, 0.3) is 0 Å². The van der Waals surface area contributed by atoms with Gasteiger partial charge in [0.05, 0.1) is 16.7 Å². The minimum Gasteiger partial charge on any atom is -0.479 e. The average Bonchev–Trinajstić information content (AvgIpc) is 2.48. The summed E-state index contributed by atoms with van der Waals surface area (Å²) in [7, 11) is 0. The van der Waals surface area contributed by atoms with Gasteiger partial charge in [0, 0.05) is 6.42 Å². The molecule has 0 heterocycles. The van der Waals surface area contributed by atoms with Crippen LogP contribution < -0.4 is 0 Å². The normalized spacial score (nSPS) is 12.1. The Balaban J connectivity index is 2.06. The van der Waals surface area contributed by atoms with Gasteiger partial charge in [0.1, 0.15) is 0 Å². The first-order valence-corrected chi connectivity index (χ1v) is 7.14. The first-order valence-electron chi connectivity index (χ1n) is 6.39. The molecule has 5 heteroatoms. The molecule has 21 heavy (non-hydrogen) atoms. The van der Waals surface area contributed by atoms with Crippen molar-refractivity contribution in [1.82, 2.24) is 0 Å². The Morgan fingerprint density at radius 2 is 1.81 bits per heavy atom.